The number of carbonyl (C=O) groups is 1. The molecule has 1 unspecified atom stereocenters. The van der Waals surface area contributed by atoms with Crippen LogP contribution in [0.15, 0.2) is 29.2 Å². The predicted octanol–water partition coefficient (Wildman–Crippen LogP) is 2.22. The number of amides is 1. The van der Waals surface area contributed by atoms with Crippen molar-refractivity contribution in [2.45, 2.75) is 31.8 Å². The maximum Gasteiger partial charge on any atom is 0.230 e. The monoisotopic (exact) mass is 267 g/mol. The number of rotatable bonds is 6. The molecule has 0 aliphatic heterocycles. The van der Waals surface area contributed by atoms with E-state index in [0.717, 1.165) is 4.90 Å². The fourth-order valence-corrected chi connectivity index (χ4v) is 2.23. The van der Waals surface area contributed by atoms with E-state index in [0.29, 0.717) is 12.3 Å². The summed E-state index contributed by atoms with van der Waals surface area (Å²) in [4.78, 5) is 12.7. The molecule has 0 saturated carbocycles. The molecule has 3 nitrogen and oxygen atoms in total. The number of carbonyl (C=O) groups excluding carboxylic acids is 1. The van der Waals surface area contributed by atoms with Gasteiger partial charge in [0, 0.05) is 11.4 Å². The predicted molar refractivity (Wildman–Crippen MR) is 75.8 cm³/mol. The molecule has 1 atom stereocenters. The van der Waals surface area contributed by atoms with Crippen LogP contribution in [0.1, 0.15) is 19.4 Å². The number of aliphatic hydroxyl groups is 1. The smallest absolute Gasteiger partial charge is 0.230 e. The van der Waals surface area contributed by atoms with Crippen LogP contribution < -0.4 is 5.32 Å². The lowest BCUT2D eigenvalue weighted by Crippen LogP contribution is -2.35. The highest BCUT2D eigenvalue weighted by Crippen LogP contribution is 2.21. The average Bonchev–Trinajstić information content (AvgIpc) is 2.34. The highest BCUT2D eigenvalue weighted by atomic mass is 32.2. The highest BCUT2D eigenvalue weighted by Gasteiger charge is 2.11. The Kier molecular flexibility index (Phi) is 6.22. The minimum atomic E-state index is -0.475. The van der Waals surface area contributed by atoms with Crippen LogP contribution >= 0.6 is 11.8 Å². The molecule has 0 spiro atoms. The third kappa shape index (κ3) is 5.10. The first-order chi connectivity index (χ1) is 8.50. The molecule has 0 heterocycles. The van der Waals surface area contributed by atoms with Crippen LogP contribution in [-0.2, 0) is 4.79 Å². The van der Waals surface area contributed by atoms with E-state index in [1.807, 2.05) is 45.0 Å². The normalized spacial score (nSPS) is 12.5. The van der Waals surface area contributed by atoms with Crippen LogP contribution in [0.25, 0.3) is 0 Å². The van der Waals surface area contributed by atoms with Crippen LogP contribution in [0, 0.1) is 12.8 Å². The Labute approximate surface area is 113 Å². The van der Waals surface area contributed by atoms with E-state index in [1.54, 1.807) is 0 Å². The summed E-state index contributed by atoms with van der Waals surface area (Å²) in [6.07, 6.45) is -0.475. The van der Waals surface area contributed by atoms with Crippen LogP contribution in [-0.4, -0.2) is 29.4 Å². The van der Waals surface area contributed by atoms with Gasteiger partial charge in [0.05, 0.1) is 11.9 Å². The summed E-state index contributed by atoms with van der Waals surface area (Å²) in [6.45, 7) is 6.21. The Morgan fingerprint density at radius 2 is 2.06 bits per heavy atom. The van der Waals surface area contributed by atoms with E-state index in [2.05, 4.69) is 5.32 Å². The molecule has 1 rings (SSSR count). The molecule has 0 aromatic heterocycles. The van der Waals surface area contributed by atoms with Gasteiger partial charge in [0.1, 0.15) is 0 Å². The number of aryl methyl sites for hydroxylation is 1. The van der Waals surface area contributed by atoms with Gasteiger partial charge in [-0.1, -0.05) is 32.0 Å². The first-order valence-corrected chi connectivity index (χ1v) is 7.12. The van der Waals surface area contributed by atoms with Crippen molar-refractivity contribution in [1.29, 1.82) is 0 Å². The second-order valence-corrected chi connectivity index (χ2v) is 5.69. The van der Waals surface area contributed by atoms with Crippen LogP contribution in [0.4, 0.5) is 0 Å². The molecule has 1 aromatic carbocycles. The zero-order valence-electron chi connectivity index (χ0n) is 11.1. The maximum atomic E-state index is 11.6. The number of benzene rings is 1. The van der Waals surface area contributed by atoms with Crippen molar-refractivity contribution in [3.63, 3.8) is 0 Å². The Morgan fingerprint density at radius 1 is 1.39 bits per heavy atom. The van der Waals surface area contributed by atoms with E-state index >= 15 is 0 Å². The van der Waals surface area contributed by atoms with Crippen molar-refractivity contribution in [3.05, 3.63) is 29.8 Å². The molecule has 0 aliphatic rings. The molecule has 0 radical (unpaired) electrons. The summed E-state index contributed by atoms with van der Waals surface area (Å²) in [6, 6.07) is 7.99. The van der Waals surface area contributed by atoms with Crippen molar-refractivity contribution in [3.8, 4) is 0 Å². The largest absolute Gasteiger partial charge is 0.391 e. The first-order valence-electron chi connectivity index (χ1n) is 6.14. The minimum absolute atomic E-state index is 0.0389. The second-order valence-electron chi connectivity index (χ2n) is 4.67. The molecular weight excluding hydrogens is 246 g/mol. The van der Waals surface area contributed by atoms with Gasteiger partial charge < -0.3 is 10.4 Å². The van der Waals surface area contributed by atoms with Crippen LogP contribution in [0.3, 0.4) is 0 Å². The molecule has 100 valence electrons. The summed E-state index contributed by atoms with van der Waals surface area (Å²) in [5.41, 5.74) is 1.18. The van der Waals surface area contributed by atoms with Crippen LogP contribution in [0.5, 0.6) is 0 Å². The lowest BCUT2D eigenvalue weighted by atomic mass is 10.1. The van der Waals surface area contributed by atoms with Gasteiger partial charge in [-0.05, 0) is 24.5 Å². The lowest BCUT2D eigenvalue weighted by Gasteiger charge is -2.15. The Balaban J connectivity index is 2.32. The van der Waals surface area contributed by atoms with E-state index in [4.69, 9.17) is 0 Å². The van der Waals surface area contributed by atoms with Gasteiger partial charge in [-0.15, -0.1) is 11.8 Å². The van der Waals surface area contributed by atoms with Gasteiger partial charge in [-0.2, -0.15) is 0 Å². The number of aliphatic hydroxyl groups excluding tert-OH is 1. The van der Waals surface area contributed by atoms with E-state index in [1.165, 1.54) is 17.3 Å². The van der Waals surface area contributed by atoms with Gasteiger partial charge in [-0.3, -0.25) is 4.79 Å². The quantitative estimate of drug-likeness (QED) is 0.777. The fraction of sp³-hybridized carbons (Fsp3) is 0.500. The highest BCUT2D eigenvalue weighted by molar-refractivity contribution is 8.00. The number of hydrogen-bond acceptors (Lipinski definition) is 3. The van der Waals surface area contributed by atoms with Gasteiger partial charge >= 0.3 is 0 Å². The number of thioether (sulfide) groups is 1. The first kappa shape index (κ1) is 15.1. The summed E-state index contributed by atoms with van der Waals surface area (Å²) in [7, 11) is 0. The van der Waals surface area contributed by atoms with Crippen molar-refractivity contribution in [1.82, 2.24) is 5.32 Å². The SMILES string of the molecule is Cc1ccccc1SCC(=O)NCC(O)C(C)C. The van der Waals surface area contributed by atoms with Crippen LogP contribution in [0.2, 0.25) is 0 Å². The summed E-state index contributed by atoms with van der Waals surface area (Å²) >= 11 is 1.52. The maximum absolute atomic E-state index is 11.6. The molecule has 2 N–H and O–H groups in total. The third-order valence-electron chi connectivity index (χ3n) is 2.73. The van der Waals surface area contributed by atoms with Gasteiger partial charge in [0.15, 0.2) is 0 Å². The van der Waals surface area contributed by atoms with Crippen molar-refractivity contribution < 1.29 is 9.90 Å². The second kappa shape index (κ2) is 7.44. The Morgan fingerprint density at radius 3 is 2.67 bits per heavy atom. The fourth-order valence-electron chi connectivity index (χ4n) is 1.37. The summed E-state index contributed by atoms with van der Waals surface area (Å²) in [5.74, 6) is 0.507. The average molecular weight is 267 g/mol. The molecule has 0 saturated heterocycles. The summed E-state index contributed by atoms with van der Waals surface area (Å²) < 4.78 is 0. The van der Waals surface area contributed by atoms with E-state index < -0.39 is 6.10 Å². The van der Waals surface area contributed by atoms with Gasteiger partial charge in [0.2, 0.25) is 5.91 Å². The zero-order chi connectivity index (χ0) is 13.5. The summed E-state index contributed by atoms with van der Waals surface area (Å²) in [5, 5.41) is 12.3. The van der Waals surface area contributed by atoms with E-state index in [9.17, 15) is 9.90 Å². The molecule has 18 heavy (non-hydrogen) atoms. The van der Waals surface area contributed by atoms with Crippen molar-refractivity contribution >= 4 is 17.7 Å². The molecule has 0 fully saturated rings. The van der Waals surface area contributed by atoms with Gasteiger partial charge in [0.25, 0.3) is 0 Å². The molecule has 0 bridgehead atoms. The molecule has 1 amide bonds. The van der Waals surface area contributed by atoms with Crippen molar-refractivity contribution in [2.24, 2.45) is 5.92 Å². The number of hydrogen-bond donors (Lipinski definition) is 2. The molecular formula is C14H21NO2S. The lowest BCUT2D eigenvalue weighted by molar-refractivity contribution is -0.119. The number of nitrogens with one attached hydrogen (secondary N) is 1. The Bertz CT molecular complexity index is 393. The molecule has 1 aromatic rings. The van der Waals surface area contributed by atoms with Crippen molar-refractivity contribution in [2.75, 3.05) is 12.3 Å². The zero-order valence-corrected chi connectivity index (χ0v) is 12.0. The topological polar surface area (TPSA) is 49.3 Å². The third-order valence-corrected chi connectivity index (χ3v) is 3.91. The molecule has 0 aliphatic carbocycles. The van der Waals surface area contributed by atoms with E-state index in [-0.39, 0.29) is 11.8 Å². The minimum Gasteiger partial charge on any atom is -0.391 e. The molecule has 4 heteroatoms. The standard InChI is InChI=1S/C14H21NO2S/c1-10(2)12(16)8-15-14(17)9-18-13-7-5-4-6-11(13)3/h4-7,10,12,16H,8-9H2,1-3H3,(H,15,17). The van der Waals surface area contributed by atoms with Gasteiger partial charge in [-0.25, -0.2) is 0 Å². The Hall–Kier alpha value is -1.00.